The van der Waals surface area contributed by atoms with Crippen molar-refractivity contribution in [1.29, 1.82) is 0 Å². The SMILES string of the molecule is CCN(CC)CCN(C(=O)CCS(=O)(=O)c1ccccc1)c1nc2c(C)cc(Cl)cc2s1. The minimum absolute atomic E-state index is 0.106. The van der Waals surface area contributed by atoms with Crippen LogP contribution in [0.2, 0.25) is 5.02 Å². The molecular formula is C23H28ClN3O3S2. The molecule has 0 saturated heterocycles. The van der Waals surface area contributed by atoms with Crippen molar-refractivity contribution < 1.29 is 13.2 Å². The summed E-state index contributed by atoms with van der Waals surface area (Å²) < 4.78 is 26.2. The number of aromatic nitrogens is 1. The van der Waals surface area contributed by atoms with E-state index in [9.17, 15) is 13.2 Å². The van der Waals surface area contributed by atoms with E-state index in [4.69, 9.17) is 16.6 Å². The number of halogens is 1. The van der Waals surface area contributed by atoms with Gasteiger partial charge in [0.2, 0.25) is 5.91 Å². The summed E-state index contributed by atoms with van der Waals surface area (Å²) in [6.07, 6.45) is -0.106. The monoisotopic (exact) mass is 493 g/mol. The van der Waals surface area contributed by atoms with Gasteiger partial charge in [-0.2, -0.15) is 0 Å². The third kappa shape index (κ3) is 5.86. The molecule has 0 radical (unpaired) electrons. The summed E-state index contributed by atoms with van der Waals surface area (Å²) in [5.74, 6) is -0.493. The highest BCUT2D eigenvalue weighted by Gasteiger charge is 2.24. The molecule has 1 aromatic heterocycles. The molecule has 0 fully saturated rings. The van der Waals surface area contributed by atoms with Crippen LogP contribution in [0.15, 0.2) is 47.4 Å². The van der Waals surface area contributed by atoms with E-state index in [-0.39, 0.29) is 23.0 Å². The van der Waals surface area contributed by atoms with Gasteiger partial charge in [-0.15, -0.1) is 0 Å². The van der Waals surface area contributed by atoms with E-state index in [1.54, 1.807) is 35.2 Å². The van der Waals surface area contributed by atoms with Crippen molar-refractivity contribution in [3.63, 3.8) is 0 Å². The lowest BCUT2D eigenvalue weighted by atomic mass is 10.2. The van der Waals surface area contributed by atoms with Crippen LogP contribution < -0.4 is 4.90 Å². The molecule has 0 aliphatic heterocycles. The van der Waals surface area contributed by atoms with Gasteiger partial charge in [0.15, 0.2) is 15.0 Å². The molecule has 9 heteroatoms. The average molecular weight is 494 g/mol. The zero-order valence-electron chi connectivity index (χ0n) is 18.5. The molecule has 0 aliphatic carbocycles. The number of carbonyl (C=O) groups excluding carboxylic acids is 1. The number of aryl methyl sites for hydroxylation is 1. The van der Waals surface area contributed by atoms with Gasteiger partial charge in [-0.3, -0.25) is 9.69 Å². The first-order chi connectivity index (χ1) is 15.2. The van der Waals surface area contributed by atoms with Gasteiger partial charge >= 0.3 is 0 Å². The van der Waals surface area contributed by atoms with E-state index in [2.05, 4.69) is 18.7 Å². The maximum absolute atomic E-state index is 13.2. The Kier molecular flexibility index (Phi) is 8.27. The number of sulfone groups is 1. The van der Waals surface area contributed by atoms with Crippen molar-refractivity contribution in [3.8, 4) is 0 Å². The predicted octanol–water partition coefficient (Wildman–Crippen LogP) is 4.80. The Labute approximate surface area is 198 Å². The molecule has 1 amide bonds. The van der Waals surface area contributed by atoms with Crippen molar-refractivity contribution >= 4 is 54.0 Å². The number of hydrogen-bond acceptors (Lipinski definition) is 6. The minimum Gasteiger partial charge on any atom is -0.302 e. The number of amides is 1. The number of benzene rings is 2. The van der Waals surface area contributed by atoms with Gasteiger partial charge in [0, 0.05) is 24.5 Å². The zero-order chi connectivity index (χ0) is 23.3. The summed E-state index contributed by atoms with van der Waals surface area (Å²) in [5.41, 5.74) is 1.75. The molecule has 0 bridgehead atoms. The maximum Gasteiger partial charge on any atom is 0.229 e. The Morgan fingerprint density at radius 2 is 1.78 bits per heavy atom. The van der Waals surface area contributed by atoms with Gasteiger partial charge < -0.3 is 4.90 Å². The normalized spacial score (nSPS) is 11.9. The van der Waals surface area contributed by atoms with Crippen molar-refractivity contribution in [3.05, 3.63) is 53.1 Å². The summed E-state index contributed by atoms with van der Waals surface area (Å²) in [4.78, 5) is 22.0. The number of hydrogen-bond donors (Lipinski definition) is 0. The molecule has 6 nitrogen and oxygen atoms in total. The summed E-state index contributed by atoms with van der Waals surface area (Å²) >= 11 is 7.60. The summed E-state index contributed by atoms with van der Waals surface area (Å²) in [6, 6.07) is 11.9. The molecule has 1 heterocycles. The summed E-state index contributed by atoms with van der Waals surface area (Å²) in [7, 11) is -3.54. The van der Waals surface area contributed by atoms with Crippen LogP contribution in [0.3, 0.4) is 0 Å². The fourth-order valence-electron chi connectivity index (χ4n) is 3.47. The molecule has 0 N–H and O–H groups in total. The third-order valence-electron chi connectivity index (χ3n) is 5.39. The first-order valence-electron chi connectivity index (χ1n) is 10.6. The molecule has 172 valence electrons. The van der Waals surface area contributed by atoms with E-state index >= 15 is 0 Å². The fraction of sp³-hybridized carbons (Fsp3) is 0.391. The zero-order valence-corrected chi connectivity index (χ0v) is 20.9. The Balaban J connectivity index is 1.85. The fourth-order valence-corrected chi connectivity index (χ4v) is 6.18. The Hall–Kier alpha value is -2.00. The van der Waals surface area contributed by atoms with Gasteiger partial charge in [-0.25, -0.2) is 13.4 Å². The van der Waals surface area contributed by atoms with Crippen LogP contribution >= 0.6 is 22.9 Å². The van der Waals surface area contributed by atoms with Gasteiger partial charge in [-0.05, 0) is 49.8 Å². The van der Waals surface area contributed by atoms with Gasteiger partial charge in [0.1, 0.15) is 0 Å². The molecule has 0 saturated carbocycles. The number of likely N-dealkylation sites (N-methyl/N-ethyl adjacent to an activating group) is 1. The molecule has 32 heavy (non-hydrogen) atoms. The highest BCUT2D eigenvalue weighted by molar-refractivity contribution is 7.91. The standard InChI is InChI=1S/C23H28ClN3O3S2/c1-4-26(5-2)12-13-27(23-25-22-17(3)15-18(24)16-20(22)31-23)21(28)11-14-32(29,30)19-9-7-6-8-10-19/h6-10,15-16H,4-5,11-14H2,1-3H3. The number of carbonyl (C=O) groups is 1. The smallest absolute Gasteiger partial charge is 0.229 e. The highest BCUT2D eigenvalue weighted by atomic mass is 35.5. The summed E-state index contributed by atoms with van der Waals surface area (Å²) in [5, 5.41) is 1.19. The van der Waals surface area contributed by atoms with E-state index in [0.717, 1.165) is 28.9 Å². The molecule has 0 aliphatic rings. The van der Waals surface area contributed by atoms with Gasteiger partial charge in [0.25, 0.3) is 0 Å². The molecule has 3 aromatic rings. The Morgan fingerprint density at radius 1 is 1.09 bits per heavy atom. The lowest BCUT2D eigenvalue weighted by Crippen LogP contribution is -2.39. The van der Waals surface area contributed by atoms with E-state index < -0.39 is 9.84 Å². The molecule has 3 rings (SSSR count). The number of thiazole rings is 1. The van der Waals surface area contributed by atoms with Gasteiger partial charge in [-0.1, -0.05) is 55.0 Å². The molecule has 0 unspecified atom stereocenters. The van der Waals surface area contributed by atoms with Crippen LogP contribution in [-0.4, -0.2) is 56.1 Å². The number of nitrogens with zero attached hydrogens (tertiary/aromatic N) is 3. The lowest BCUT2D eigenvalue weighted by molar-refractivity contribution is -0.118. The van der Waals surface area contributed by atoms with Crippen LogP contribution in [0.5, 0.6) is 0 Å². The topological polar surface area (TPSA) is 70.6 Å². The second-order valence-electron chi connectivity index (χ2n) is 7.52. The van der Waals surface area contributed by atoms with Crippen LogP contribution in [0.4, 0.5) is 5.13 Å². The van der Waals surface area contributed by atoms with Crippen molar-refractivity contribution in [2.24, 2.45) is 0 Å². The highest BCUT2D eigenvalue weighted by Crippen LogP contribution is 2.33. The molecule has 0 atom stereocenters. The first kappa shape index (κ1) is 24.6. The summed E-state index contributed by atoms with van der Waals surface area (Å²) in [6.45, 7) is 8.95. The van der Waals surface area contributed by atoms with Crippen LogP contribution in [0.1, 0.15) is 25.8 Å². The van der Waals surface area contributed by atoms with E-state index in [1.807, 2.05) is 19.1 Å². The Morgan fingerprint density at radius 3 is 2.44 bits per heavy atom. The van der Waals surface area contributed by atoms with E-state index in [1.165, 1.54) is 11.3 Å². The predicted molar refractivity (Wildman–Crippen MR) is 133 cm³/mol. The number of rotatable bonds is 10. The molecule has 0 spiro atoms. The second-order valence-corrected chi connectivity index (χ2v) is 11.1. The minimum atomic E-state index is -3.54. The third-order valence-corrected chi connectivity index (χ3v) is 8.37. The first-order valence-corrected chi connectivity index (χ1v) is 13.5. The Bertz CT molecular complexity index is 1180. The maximum atomic E-state index is 13.2. The lowest BCUT2D eigenvalue weighted by Gasteiger charge is -2.24. The van der Waals surface area contributed by atoms with Crippen molar-refractivity contribution in [1.82, 2.24) is 9.88 Å². The van der Waals surface area contributed by atoms with Gasteiger partial charge in [0.05, 0.1) is 20.9 Å². The van der Waals surface area contributed by atoms with E-state index in [0.29, 0.717) is 23.2 Å². The van der Waals surface area contributed by atoms with Crippen LogP contribution in [-0.2, 0) is 14.6 Å². The quantitative estimate of drug-likeness (QED) is 0.406. The van der Waals surface area contributed by atoms with Crippen molar-refractivity contribution in [2.75, 3.05) is 36.8 Å². The molecular weight excluding hydrogens is 466 g/mol. The van der Waals surface area contributed by atoms with Crippen molar-refractivity contribution in [2.45, 2.75) is 32.1 Å². The second kappa shape index (κ2) is 10.7. The van der Waals surface area contributed by atoms with Crippen LogP contribution in [0, 0.1) is 6.92 Å². The largest absolute Gasteiger partial charge is 0.302 e. The molecule has 2 aromatic carbocycles. The van der Waals surface area contributed by atoms with Crippen LogP contribution in [0.25, 0.3) is 10.2 Å². The average Bonchev–Trinajstić information content (AvgIpc) is 3.20. The number of anilines is 1. The number of fused-ring (bicyclic) bond motifs is 1.